The van der Waals surface area contributed by atoms with Crippen LogP contribution in [-0.4, -0.2) is 54.7 Å². The van der Waals surface area contributed by atoms with Crippen LogP contribution in [0.25, 0.3) is 0 Å². The third-order valence-electron chi connectivity index (χ3n) is 3.31. The van der Waals surface area contributed by atoms with Crippen molar-refractivity contribution in [1.29, 1.82) is 0 Å². The Morgan fingerprint density at radius 1 is 1.20 bits per heavy atom. The van der Waals surface area contributed by atoms with Crippen molar-refractivity contribution in [2.75, 3.05) is 32.7 Å². The van der Waals surface area contributed by atoms with E-state index in [0.29, 0.717) is 0 Å². The van der Waals surface area contributed by atoms with Gasteiger partial charge in [-0.2, -0.15) is 0 Å². The molecule has 5 nitrogen and oxygen atoms in total. The summed E-state index contributed by atoms with van der Waals surface area (Å²) in [5.41, 5.74) is 5.40. The second-order valence-corrected chi connectivity index (χ2v) is 4.31. The maximum absolute atomic E-state index is 11.3. The van der Waals surface area contributed by atoms with Gasteiger partial charge in [-0.25, -0.2) is 4.79 Å². The predicted molar refractivity (Wildman–Crippen MR) is 58.4 cm³/mol. The van der Waals surface area contributed by atoms with Gasteiger partial charge in [0.1, 0.15) is 0 Å². The van der Waals surface area contributed by atoms with E-state index in [1.807, 2.05) is 0 Å². The Morgan fingerprint density at radius 3 is 2.60 bits per heavy atom. The van der Waals surface area contributed by atoms with Crippen LogP contribution in [0.5, 0.6) is 0 Å². The third kappa shape index (κ3) is 2.41. The molecule has 1 unspecified atom stereocenters. The summed E-state index contributed by atoms with van der Waals surface area (Å²) >= 11 is 0. The van der Waals surface area contributed by atoms with Crippen molar-refractivity contribution >= 4 is 6.03 Å². The van der Waals surface area contributed by atoms with Crippen LogP contribution < -0.4 is 11.1 Å². The highest BCUT2D eigenvalue weighted by Crippen LogP contribution is 2.15. The standard InChI is InChI=1S/C10H20N4O/c11-10(15)14-7-4-12-8-9(14)13-5-2-1-3-6-13/h9,12H,1-8H2,(H2,11,15). The first-order valence-electron chi connectivity index (χ1n) is 5.80. The van der Waals surface area contributed by atoms with Gasteiger partial charge in [0.05, 0.1) is 6.17 Å². The summed E-state index contributed by atoms with van der Waals surface area (Å²) in [7, 11) is 0. The lowest BCUT2D eigenvalue weighted by molar-refractivity contribution is 0.0391. The van der Waals surface area contributed by atoms with E-state index < -0.39 is 0 Å². The highest BCUT2D eigenvalue weighted by Gasteiger charge is 2.30. The van der Waals surface area contributed by atoms with Crippen molar-refractivity contribution in [1.82, 2.24) is 15.1 Å². The number of carbonyl (C=O) groups excluding carboxylic acids is 1. The van der Waals surface area contributed by atoms with Crippen molar-refractivity contribution in [2.24, 2.45) is 5.73 Å². The van der Waals surface area contributed by atoms with Gasteiger partial charge in [-0.15, -0.1) is 0 Å². The fraction of sp³-hybridized carbons (Fsp3) is 0.900. The summed E-state index contributed by atoms with van der Waals surface area (Å²) in [5.74, 6) is 0. The smallest absolute Gasteiger partial charge is 0.316 e. The fourth-order valence-corrected chi connectivity index (χ4v) is 2.49. The highest BCUT2D eigenvalue weighted by atomic mass is 16.2. The minimum absolute atomic E-state index is 0.177. The lowest BCUT2D eigenvalue weighted by Gasteiger charge is -2.43. The van der Waals surface area contributed by atoms with Crippen LogP contribution in [0, 0.1) is 0 Å². The third-order valence-corrected chi connectivity index (χ3v) is 3.31. The summed E-state index contributed by atoms with van der Waals surface area (Å²) in [4.78, 5) is 15.5. The molecule has 2 heterocycles. The van der Waals surface area contributed by atoms with E-state index in [2.05, 4.69) is 10.2 Å². The highest BCUT2D eigenvalue weighted by molar-refractivity contribution is 5.72. The number of likely N-dealkylation sites (tertiary alicyclic amines) is 1. The fourth-order valence-electron chi connectivity index (χ4n) is 2.49. The van der Waals surface area contributed by atoms with Gasteiger partial charge in [-0.1, -0.05) is 6.42 Å². The van der Waals surface area contributed by atoms with Gasteiger partial charge < -0.3 is 16.0 Å². The van der Waals surface area contributed by atoms with Gasteiger partial charge in [0.15, 0.2) is 0 Å². The number of nitrogens with one attached hydrogen (secondary N) is 1. The maximum atomic E-state index is 11.3. The number of piperidine rings is 1. The Hall–Kier alpha value is -0.810. The van der Waals surface area contributed by atoms with E-state index in [4.69, 9.17) is 5.73 Å². The molecule has 0 bridgehead atoms. The Bertz CT molecular complexity index is 227. The van der Waals surface area contributed by atoms with Crippen molar-refractivity contribution in [2.45, 2.75) is 25.4 Å². The number of primary amides is 1. The quantitative estimate of drug-likeness (QED) is 0.632. The maximum Gasteiger partial charge on any atom is 0.316 e. The molecule has 2 rings (SSSR count). The monoisotopic (exact) mass is 212 g/mol. The number of nitrogens with two attached hydrogens (primary N) is 1. The molecule has 86 valence electrons. The lowest BCUT2D eigenvalue weighted by Crippen LogP contribution is -2.62. The zero-order valence-electron chi connectivity index (χ0n) is 9.11. The Morgan fingerprint density at radius 2 is 1.93 bits per heavy atom. The molecule has 1 atom stereocenters. The average molecular weight is 212 g/mol. The molecule has 0 aromatic rings. The predicted octanol–water partition coefficient (Wildman–Crippen LogP) is -0.218. The Labute approximate surface area is 90.6 Å². The van der Waals surface area contributed by atoms with E-state index >= 15 is 0 Å². The number of hydrogen-bond donors (Lipinski definition) is 2. The van der Waals surface area contributed by atoms with E-state index in [-0.39, 0.29) is 12.2 Å². The molecule has 0 aromatic heterocycles. The zero-order chi connectivity index (χ0) is 10.7. The Kier molecular flexibility index (Phi) is 3.43. The minimum Gasteiger partial charge on any atom is -0.351 e. The summed E-state index contributed by atoms with van der Waals surface area (Å²) < 4.78 is 0. The SMILES string of the molecule is NC(=O)N1CCNCC1N1CCCCC1. The first kappa shape index (κ1) is 10.7. The van der Waals surface area contributed by atoms with E-state index in [0.717, 1.165) is 32.7 Å². The average Bonchev–Trinajstić information content (AvgIpc) is 2.30. The number of hydrogen-bond acceptors (Lipinski definition) is 3. The summed E-state index contributed by atoms with van der Waals surface area (Å²) in [6, 6.07) is -0.285. The molecule has 5 heteroatoms. The minimum atomic E-state index is -0.285. The van der Waals surface area contributed by atoms with Crippen molar-refractivity contribution in [3.05, 3.63) is 0 Å². The molecule has 0 saturated carbocycles. The largest absolute Gasteiger partial charge is 0.351 e. The normalized spacial score (nSPS) is 29.1. The molecule has 2 fully saturated rings. The second-order valence-electron chi connectivity index (χ2n) is 4.31. The molecule has 0 aliphatic carbocycles. The van der Waals surface area contributed by atoms with Crippen LogP contribution in [0.2, 0.25) is 0 Å². The molecule has 2 aliphatic heterocycles. The first-order chi connectivity index (χ1) is 7.29. The number of nitrogens with zero attached hydrogens (tertiary/aromatic N) is 2. The van der Waals surface area contributed by atoms with E-state index in [1.165, 1.54) is 19.3 Å². The number of carbonyl (C=O) groups is 1. The second kappa shape index (κ2) is 4.81. The van der Waals surface area contributed by atoms with Crippen molar-refractivity contribution in [3.8, 4) is 0 Å². The number of rotatable bonds is 1. The molecule has 0 radical (unpaired) electrons. The van der Waals surface area contributed by atoms with E-state index in [9.17, 15) is 4.79 Å². The van der Waals surface area contributed by atoms with Gasteiger partial charge in [-0.3, -0.25) is 4.90 Å². The molecule has 2 aliphatic rings. The van der Waals surface area contributed by atoms with Crippen LogP contribution in [0.15, 0.2) is 0 Å². The van der Waals surface area contributed by atoms with E-state index in [1.54, 1.807) is 4.90 Å². The molecule has 15 heavy (non-hydrogen) atoms. The van der Waals surface area contributed by atoms with Gasteiger partial charge in [-0.05, 0) is 12.8 Å². The van der Waals surface area contributed by atoms with Crippen LogP contribution >= 0.6 is 0 Å². The van der Waals surface area contributed by atoms with Crippen LogP contribution in [0.1, 0.15) is 19.3 Å². The molecule has 2 saturated heterocycles. The molecule has 0 spiro atoms. The number of urea groups is 1. The molecule has 2 amide bonds. The molecular formula is C10H20N4O. The summed E-state index contributed by atoms with van der Waals surface area (Å²) in [6.07, 6.45) is 3.97. The lowest BCUT2D eigenvalue weighted by atomic mass is 10.1. The summed E-state index contributed by atoms with van der Waals surface area (Å²) in [6.45, 7) is 4.62. The van der Waals surface area contributed by atoms with Crippen LogP contribution in [0.3, 0.4) is 0 Å². The summed E-state index contributed by atoms with van der Waals surface area (Å²) in [5, 5.41) is 3.33. The van der Waals surface area contributed by atoms with Crippen LogP contribution in [-0.2, 0) is 0 Å². The van der Waals surface area contributed by atoms with Gasteiger partial charge in [0.2, 0.25) is 0 Å². The van der Waals surface area contributed by atoms with Crippen LogP contribution in [0.4, 0.5) is 4.79 Å². The van der Waals surface area contributed by atoms with Crippen molar-refractivity contribution < 1.29 is 4.79 Å². The van der Waals surface area contributed by atoms with Gasteiger partial charge in [0, 0.05) is 32.7 Å². The molecular weight excluding hydrogens is 192 g/mol. The molecule has 0 aromatic carbocycles. The zero-order valence-corrected chi connectivity index (χ0v) is 9.11. The molecule has 3 N–H and O–H groups in total. The van der Waals surface area contributed by atoms with Gasteiger partial charge >= 0.3 is 6.03 Å². The first-order valence-corrected chi connectivity index (χ1v) is 5.80. The number of piperazine rings is 1. The Balaban J connectivity index is 1.99. The van der Waals surface area contributed by atoms with Crippen molar-refractivity contribution in [3.63, 3.8) is 0 Å². The topological polar surface area (TPSA) is 61.6 Å². The number of amides is 2. The van der Waals surface area contributed by atoms with Gasteiger partial charge in [0.25, 0.3) is 0 Å².